The first-order chi connectivity index (χ1) is 13.6. The first-order valence-electron chi connectivity index (χ1n) is 9.98. The Labute approximate surface area is 166 Å². The summed E-state index contributed by atoms with van der Waals surface area (Å²) in [6, 6.07) is 20.7. The molecule has 28 heavy (non-hydrogen) atoms. The van der Waals surface area contributed by atoms with Crippen LogP contribution in [0, 0.1) is 0 Å². The summed E-state index contributed by atoms with van der Waals surface area (Å²) < 4.78 is 0. The van der Waals surface area contributed by atoms with Crippen LogP contribution in [0.2, 0.25) is 0 Å². The fourth-order valence-corrected chi connectivity index (χ4v) is 4.01. The lowest BCUT2D eigenvalue weighted by atomic mass is 9.96. The predicted octanol–water partition coefficient (Wildman–Crippen LogP) is 3.33. The topological polar surface area (TPSA) is 53.9 Å². The Kier molecular flexibility index (Phi) is 5.44. The summed E-state index contributed by atoms with van der Waals surface area (Å²) in [4.78, 5) is 20.7. The van der Waals surface area contributed by atoms with Gasteiger partial charge in [0.15, 0.2) is 5.60 Å². The SMILES string of the molecule is CC(CNC(=O)C1=NOC2(CCN(Cc3ccccc3)C2)C1)c1ccccc1. The normalized spacial score (nSPS) is 22.7. The first-order valence-corrected chi connectivity index (χ1v) is 9.98. The van der Waals surface area contributed by atoms with Crippen molar-refractivity contribution < 1.29 is 9.63 Å². The number of nitrogens with one attached hydrogen (secondary N) is 1. The van der Waals surface area contributed by atoms with Gasteiger partial charge in [0.25, 0.3) is 5.91 Å². The van der Waals surface area contributed by atoms with Crippen LogP contribution in [0.3, 0.4) is 0 Å². The minimum atomic E-state index is -0.341. The van der Waals surface area contributed by atoms with Crippen LogP contribution in [0.5, 0.6) is 0 Å². The van der Waals surface area contributed by atoms with Gasteiger partial charge in [0.1, 0.15) is 5.71 Å². The van der Waals surface area contributed by atoms with Crippen molar-refractivity contribution in [1.82, 2.24) is 10.2 Å². The molecular weight excluding hydrogens is 350 g/mol. The van der Waals surface area contributed by atoms with Crippen molar-refractivity contribution in [2.75, 3.05) is 19.6 Å². The van der Waals surface area contributed by atoms with E-state index in [0.717, 1.165) is 26.1 Å². The molecule has 1 fully saturated rings. The summed E-state index contributed by atoms with van der Waals surface area (Å²) in [7, 11) is 0. The van der Waals surface area contributed by atoms with Crippen LogP contribution in [0.15, 0.2) is 65.8 Å². The molecule has 1 spiro atoms. The van der Waals surface area contributed by atoms with Crippen molar-refractivity contribution >= 4 is 11.6 Å². The smallest absolute Gasteiger partial charge is 0.269 e. The lowest BCUT2D eigenvalue weighted by Crippen LogP contribution is -2.37. The molecule has 2 unspecified atom stereocenters. The zero-order valence-electron chi connectivity index (χ0n) is 16.3. The Balaban J connectivity index is 1.27. The Morgan fingerprint density at radius 3 is 2.64 bits per heavy atom. The fourth-order valence-electron chi connectivity index (χ4n) is 4.01. The second-order valence-corrected chi connectivity index (χ2v) is 7.96. The van der Waals surface area contributed by atoms with Crippen molar-refractivity contribution in [3.8, 4) is 0 Å². The van der Waals surface area contributed by atoms with E-state index in [9.17, 15) is 4.79 Å². The molecule has 2 aliphatic rings. The second-order valence-electron chi connectivity index (χ2n) is 7.96. The molecule has 1 saturated heterocycles. The van der Waals surface area contributed by atoms with Crippen molar-refractivity contribution in [3.05, 3.63) is 71.8 Å². The summed E-state index contributed by atoms with van der Waals surface area (Å²) in [6.45, 7) is 5.38. The number of hydrogen-bond acceptors (Lipinski definition) is 4. The van der Waals surface area contributed by atoms with Crippen LogP contribution in [0.1, 0.15) is 36.8 Å². The lowest BCUT2D eigenvalue weighted by Gasteiger charge is -2.21. The largest absolute Gasteiger partial charge is 0.387 e. The van der Waals surface area contributed by atoms with Gasteiger partial charge in [0.2, 0.25) is 0 Å². The Morgan fingerprint density at radius 2 is 1.89 bits per heavy atom. The van der Waals surface area contributed by atoms with Crippen LogP contribution in [0.4, 0.5) is 0 Å². The second kappa shape index (κ2) is 8.15. The molecule has 1 amide bonds. The van der Waals surface area contributed by atoms with Gasteiger partial charge in [-0.2, -0.15) is 0 Å². The summed E-state index contributed by atoms with van der Waals surface area (Å²) in [5.74, 6) is 0.149. The molecule has 0 bridgehead atoms. The van der Waals surface area contributed by atoms with Gasteiger partial charge in [-0.1, -0.05) is 72.7 Å². The zero-order valence-corrected chi connectivity index (χ0v) is 16.3. The van der Waals surface area contributed by atoms with Gasteiger partial charge in [-0.3, -0.25) is 9.69 Å². The van der Waals surface area contributed by atoms with E-state index < -0.39 is 0 Å². The number of nitrogens with zero attached hydrogens (tertiary/aromatic N) is 2. The summed E-state index contributed by atoms with van der Waals surface area (Å²) in [5.41, 5.74) is 2.69. The molecule has 0 aromatic heterocycles. The molecule has 2 aromatic carbocycles. The summed E-state index contributed by atoms with van der Waals surface area (Å²) in [6.07, 6.45) is 1.49. The summed E-state index contributed by atoms with van der Waals surface area (Å²) in [5, 5.41) is 7.16. The van der Waals surface area contributed by atoms with E-state index in [2.05, 4.69) is 58.7 Å². The maximum absolute atomic E-state index is 12.6. The molecule has 4 rings (SSSR count). The van der Waals surface area contributed by atoms with E-state index in [0.29, 0.717) is 18.7 Å². The average Bonchev–Trinajstić information content (AvgIpc) is 3.34. The van der Waals surface area contributed by atoms with Gasteiger partial charge in [-0.15, -0.1) is 0 Å². The first kappa shape index (κ1) is 18.7. The number of rotatable bonds is 6. The van der Waals surface area contributed by atoms with Crippen molar-refractivity contribution in [2.24, 2.45) is 5.16 Å². The number of likely N-dealkylation sites (tertiary alicyclic amines) is 1. The van der Waals surface area contributed by atoms with Crippen molar-refractivity contribution in [3.63, 3.8) is 0 Å². The molecule has 1 N–H and O–H groups in total. The maximum Gasteiger partial charge on any atom is 0.269 e. The van der Waals surface area contributed by atoms with Crippen LogP contribution >= 0.6 is 0 Å². The van der Waals surface area contributed by atoms with Gasteiger partial charge in [0.05, 0.1) is 0 Å². The number of benzene rings is 2. The van der Waals surface area contributed by atoms with Gasteiger partial charge >= 0.3 is 0 Å². The Morgan fingerprint density at radius 1 is 1.18 bits per heavy atom. The third-order valence-electron chi connectivity index (χ3n) is 5.68. The van der Waals surface area contributed by atoms with E-state index in [1.807, 2.05) is 24.3 Å². The number of amides is 1. The molecule has 5 heteroatoms. The van der Waals surface area contributed by atoms with Crippen LogP contribution in [0.25, 0.3) is 0 Å². The van der Waals surface area contributed by atoms with E-state index >= 15 is 0 Å². The fraction of sp³-hybridized carbons (Fsp3) is 0.391. The molecule has 0 saturated carbocycles. The predicted molar refractivity (Wildman–Crippen MR) is 110 cm³/mol. The molecule has 146 valence electrons. The number of oxime groups is 1. The van der Waals surface area contributed by atoms with Gasteiger partial charge in [0, 0.05) is 39.0 Å². The van der Waals surface area contributed by atoms with E-state index in [4.69, 9.17) is 4.84 Å². The standard InChI is InChI=1S/C23H27N3O2/c1-18(20-10-6-3-7-11-20)15-24-22(27)21-14-23(28-25-21)12-13-26(17-23)16-19-8-4-2-5-9-19/h2-11,18H,12-17H2,1H3,(H,24,27). The molecule has 2 atom stereocenters. The highest BCUT2D eigenvalue weighted by atomic mass is 16.7. The van der Waals surface area contributed by atoms with Crippen molar-refractivity contribution in [1.29, 1.82) is 0 Å². The highest BCUT2D eigenvalue weighted by Crippen LogP contribution is 2.34. The van der Waals surface area contributed by atoms with Gasteiger partial charge < -0.3 is 10.2 Å². The molecule has 5 nitrogen and oxygen atoms in total. The van der Waals surface area contributed by atoms with Gasteiger partial charge in [-0.05, 0) is 17.0 Å². The summed E-state index contributed by atoms with van der Waals surface area (Å²) >= 11 is 0. The minimum Gasteiger partial charge on any atom is -0.387 e. The zero-order chi connectivity index (χ0) is 19.4. The third kappa shape index (κ3) is 4.25. The van der Waals surface area contributed by atoms with Crippen LogP contribution in [-0.4, -0.2) is 41.8 Å². The monoisotopic (exact) mass is 377 g/mol. The van der Waals surface area contributed by atoms with E-state index in [1.165, 1.54) is 11.1 Å². The lowest BCUT2D eigenvalue weighted by molar-refractivity contribution is -0.115. The number of hydrogen-bond donors (Lipinski definition) is 1. The molecule has 0 radical (unpaired) electrons. The molecule has 2 aromatic rings. The van der Waals surface area contributed by atoms with Crippen molar-refractivity contribution in [2.45, 2.75) is 37.8 Å². The number of carbonyl (C=O) groups is 1. The van der Waals surface area contributed by atoms with E-state index in [1.54, 1.807) is 0 Å². The highest BCUT2D eigenvalue weighted by molar-refractivity contribution is 6.39. The Bertz CT molecular complexity index is 837. The maximum atomic E-state index is 12.6. The molecule has 2 aliphatic heterocycles. The molecule has 0 aliphatic carbocycles. The van der Waals surface area contributed by atoms with E-state index in [-0.39, 0.29) is 17.4 Å². The minimum absolute atomic E-state index is 0.110. The van der Waals surface area contributed by atoms with Crippen LogP contribution < -0.4 is 5.32 Å². The van der Waals surface area contributed by atoms with Crippen LogP contribution in [-0.2, 0) is 16.2 Å². The molecule has 2 heterocycles. The third-order valence-corrected chi connectivity index (χ3v) is 5.68. The number of carbonyl (C=O) groups excluding carboxylic acids is 1. The molecular formula is C23H27N3O2. The van der Waals surface area contributed by atoms with Gasteiger partial charge in [-0.25, -0.2) is 0 Å². The average molecular weight is 377 g/mol. The quantitative estimate of drug-likeness (QED) is 0.840. The highest BCUT2D eigenvalue weighted by Gasteiger charge is 2.46. The Hall–Kier alpha value is -2.66.